The molecule has 0 fully saturated rings. The molecule has 4 aliphatic heterocycles. The predicted molar refractivity (Wildman–Crippen MR) is 270 cm³/mol. The summed E-state index contributed by atoms with van der Waals surface area (Å²) in [6, 6.07) is 78.0. The Kier molecular flexibility index (Phi) is 6.37. The quantitative estimate of drug-likeness (QED) is 0.100. The van der Waals surface area contributed by atoms with Crippen molar-refractivity contribution in [2.75, 3.05) is 0 Å². The Bertz CT molecular complexity index is 3660. The van der Waals surface area contributed by atoms with E-state index in [1.54, 1.807) is 0 Å². The highest BCUT2D eigenvalue weighted by Crippen LogP contribution is 2.47. The molecule has 62 heavy (non-hydrogen) atoms. The first-order chi connectivity index (χ1) is 30.7. The van der Waals surface area contributed by atoms with Gasteiger partial charge in [0.2, 0.25) is 13.4 Å². The summed E-state index contributed by atoms with van der Waals surface area (Å²) in [5, 5.41) is 14.3. The Morgan fingerprint density at radius 2 is 0.694 bits per heavy atom. The normalized spacial score (nSPS) is 13.5. The van der Waals surface area contributed by atoms with Crippen LogP contribution in [0, 0.1) is 6.92 Å². The number of aryl methyl sites for hydroxylation is 1. The predicted octanol–water partition coefficient (Wildman–Crippen LogP) is 7.22. The molecule has 0 aromatic heterocycles. The molecule has 0 saturated heterocycles. The molecule has 0 bridgehead atoms. The van der Waals surface area contributed by atoms with Crippen molar-refractivity contribution in [2.24, 2.45) is 0 Å². The van der Waals surface area contributed by atoms with E-state index < -0.39 is 8.07 Å². The average molecular weight is 795 g/mol. The average Bonchev–Trinajstić information content (AvgIpc) is 3.86. The van der Waals surface area contributed by atoms with E-state index in [1.165, 1.54) is 136 Å². The molecule has 0 N–H and O–H groups in total. The Morgan fingerprint density at radius 1 is 0.306 bits per heavy atom. The molecule has 0 aliphatic carbocycles. The van der Waals surface area contributed by atoms with Crippen LogP contribution in [0.25, 0.3) is 76.8 Å². The highest BCUT2D eigenvalue weighted by Gasteiger charge is 2.48. The standard InChI is InChI=1S/C59H36B2Si/c1-35-31-46-43-27-15-25-41-39-23-12-14-30-50(39)61(58(41)43)52-33-48-53(62(36-17-5-2-6-18-36,37-19-7-3-8-20-37)38-21-9-4-10-22-38)34-47-44-28-16-26-42-40-24-11-13-29-49(40)60(59(42)44)51-32-45(35)56(54(46)52)57(48)55(47)51/h2-34H,1H3. The molecule has 0 saturated carbocycles. The molecule has 15 rings (SSSR count). The fourth-order valence-electron chi connectivity index (χ4n) is 13.3. The molecular formula is C59H36B2Si. The minimum absolute atomic E-state index is 0.158. The third kappa shape index (κ3) is 3.89. The molecule has 3 heteroatoms. The van der Waals surface area contributed by atoms with E-state index in [-0.39, 0.29) is 13.4 Å². The van der Waals surface area contributed by atoms with Gasteiger partial charge in [-0.25, -0.2) is 0 Å². The summed E-state index contributed by atoms with van der Waals surface area (Å²) in [7, 11) is -3.04. The number of fused-ring (bicyclic) bond motifs is 10. The van der Waals surface area contributed by atoms with Crippen LogP contribution in [0.5, 0.6) is 0 Å². The van der Waals surface area contributed by atoms with E-state index in [4.69, 9.17) is 0 Å². The summed E-state index contributed by atoms with van der Waals surface area (Å²) in [6.45, 7) is 2.71. The Labute approximate surface area is 362 Å². The molecule has 0 atom stereocenters. The van der Waals surface area contributed by atoms with Gasteiger partial charge in [0.15, 0.2) is 8.07 Å². The monoisotopic (exact) mass is 794 g/mol. The summed E-state index contributed by atoms with van der Waals surface area (Å²) in [4.78, 5) is 0. The van der Waals surface area contributed by atoms with Crippen LogP contribution in [-0.2, 0) is 0 Å². The van der Waals surface area contributed by atoms with Gasteiger partial charge in [-0.1, -0.05) is 233 Å². The van der Waals surface area contributed by atoms with Gasteiger partial charge in [0, 0.05) is 0 Å². The van der Waals surface area contributed by atoms with Crippen molar-refractivity contribution in [3.8, 4) is 44.5 Å². The van der Waals surface area contributed by atoms with Crippen LogP contribution in [0.15, 0.2) is 200 Å². The maximum atomic E-state index is 2.72. The van der Waals surface area contributed by atoms with Crippen molar-refractivity contribution in [3.05, 3.63) is 206 Å². The van der Waals surface area contributed by atoms with E-state index in [0.29, 0.717) is 0 Å². The first-order valence-electron chi connectivity index (χ1n) is 22.2. The summed E-state index contributed by atoms with van der Waals surface area (Å²) in [5.74, 6) is 0. The fraction of sp³-hybridized carbons (Fsp3) is 0.0169. The van der Waals surface area contributed by atoms with E-state index >= 15 is 0 Å². The lowest BCUT2D eigenvalue weighted by Crippen LogP contribution is -2.75. The smallest absolute Gasteiger partial charge is 0.0664 e. The molecule has 0 amide bonds. The maximum absolute atomic E-state index is 3.04. The lowest BCUT2D eigenvalue weighted by molar-refractivity contribution is 1.54. The first-order valence-corrected chi connectivity index (χ1v) is 24.2. The Hall–Kier alpha value is -7.19. The number of hydrogen-bond donors (Lipinski definition) is 0. The lowest BCUT2D eigenvalue weighted by Gasteiger charge is -2.38. The second-order valence-electron chi connectivity index (χ2n) is 18.2. The largest absolute Gasteiger partial charge is 0.244 e. The first kappa shape index (κ1) is 33.5. The summed E-state index contributed by atoms with van der Waals surface area (Å²) >= 11 is 0. The number of benzene rings is 11. The molecule has 282 valence electrons. The fourth-order valence-corrected chi connectivity index (χ4v) is 18.3. The minimum Gasteiger partial charge on any atom is -0.0664 e. The summed E-state index contributed by atoms with van der Waals surface area (Å²) in [6.07, 6.45) is 0. The Morgan fingerprint density at radius 3 is 1.19 bits per heavy atom. The Balaban J connectivity index is 1.22. The number of rotatable bonds is 4. The van der Waals surface area contributed by atoms with E-state index in [9.17, 15) is 0 Å². The van der Waals surface area contributed by atoms with Crippen LogP contribution in [0.3, 0.4) is 0 Å². The van der Waals surface area contributed by atoms with Crippen molar-refractivity contribution in [3.63, 3.8) is 0 Å². The highest BCUT2D eigenvalue weighted by atomic mass is 28.3. The minimum atomic E-state index is -3.04. The number of hydrogen-bond acceptors (Lipinski definition) is 0. The van der Waals surface area contributed by atoms with Gasteiger partial charge < -0.3 is 0 Å². The molecule has 11 aromatic rings. The third-order valence-electron chi connectivity index (χ3n) is 15.5. The second-order valence-corrected chi connectivity index (χ2v) is 21.9. The van der Waals surface area contributed by atoms with Gasteiger partial charge in [-0.05, 0) is 110 Å². The van der Waals surface area contributed by atoms with Crippen molar-refractivity contribution in [1.29, 1.82) is 0 Å². The molecule has 0 spiro atoms. The van der Waals surface area contributed by atoms with Crippen LogP contribution in [0.2, 0.25) is 0 Å². The SMILES string of the molecule is Cc1cc2c3c(cc4c([Si](c5ccccc5)(c5ccccc5)c5ccccc5)cc5c6c(cc1c3c46)B1c3ccccc3-c3cccc-5c31)B1c3ccccc3-c3cccc-2c31. The van der Waals surface area contributed by atoms with Crippen LogP contribution >= 0.6 is 0 Å². The molecule has 0 unspecified atom stereocenters. The van der Waals surface area contributed by atoms with Crippen LogP contribution in [0.1, 0.15) is 5.56 Å². The molecule has 4 heterocycles. The van der Waals surface area contributed by atoms with Gasteiger partial charge >= 0.3 is 0 Å². The zero-order valence-corrected chi connectivity index (χ0v) is 35.2. The lowest BCUT2D eigenvalue weighted by atomic mass is 9.34. The van der Waals surface area contributed by atoms with Crippen molar-refractivity contribution < 1.29 is 0 Å². The topological polar surface area (TPSA) is 0 Å². The van der Waals surface area contributed by atoms with Gasteiger partial charge in [0.05, 0.1) is 0 Å². The van der Waals surface area contributed by atoms with E-state index in [0.717, 1.165) is 0 Å². The van der Waals surface area contributed by atoms with E-state index in [1.807, 2.05) is 0 Å². The van der Waals surface area contributed by atoms with Crippen LogP contribution < -0.4 is 53.5 Å². The van der Waals surface area contributed by atoms with Crippen molar-refractivity contribution >= 4 is 107 Å². The van der Waals surface area contributed by atoms with Crippen LogP contribution in [0.4, 0.5) is 0 Å². The molecule has 0 radical (unpaired) electrons. The van der Waals surface area contributed by atoms with Gasteiger partial charge in [0.1, 0.15) is 0 Å². The molecular weight excluding hydrogens is 758 g/mol. The van der Waals surface area contributed by atoms with Gasteiger partial charge in [0.25, 0.3) is 0 Å². The van der Waals surface area contributed by atoms with Gasteiger partial charge in [-0.3, -0.25) is 0 Å². The van der Waals surface area contributed by atoms with Crippen molar-refractivity contribution in [1.82, 2.24) is 0 Å². The highest BCUT2D eigenvalue weighted by molar-refractivity contribution is 7.21. The zero-order chi connectivity index (χ0) is 40.4. The van der Waals surface area contributed by atoms with E-state index in [2.05, 4.69) is 207 Å². The zero-order valence-electron chi connectivity index (χ0n) is 34.2. The van der Waals surface area contributed by atoms with Crippen LogP contribution in [-0.4, -0.2) is 21.5 Å². The molecule has 11 aromatic carbocycles. The molecule has 0 nitrogen and oxygen atoms in total. The van der Waals surface area contributed by atoms with Gasteiger partial charge in [-0.2, -0.15) is 0 Å². The second kappa shape index (κ2) is 11.8. The third-order valence-corrected chi connectivity index (χ3v) is 20.3. The van der Waals surface area contributed by atoms with Gasteiger partial charge in [-0.15, -0.1) is 0 Å². The maximum Gasteiger partial charge on any atom is 0.244 e. The summed E-state index contributed by atoms with van der Waals surface area (Å²) < 4.78 is 0. The molecule has 4 aliphatic rings. The van der Waals surface area contributed by atoms with Crippen molar-refractivity contribution in [2.45, 2.75) is 6.92 Å². The summed E-state index contributed by atoms with van der Waals surface area (Å²) in [5.41, 5.74) is 21.1.